The molecule has 1 aromatic heterocycles. The second kappa shape index (κ2) is 4.27. The highest BCUT2D eigenvalue weighted by Crippen LogP contribution is 2.27. The van der Waals surface area contributed by atoms with E-state index in [-0.39, 0.29) is 0 Å². The third kappa shape index (κ3) is 1.61. The Balaban J connectivity index is 2.73. The van der Waals surface area contributed by atoms with E-state index in [9.17, 15) is 0 Å². The van der Waals surface area contributed by atoms with Crippen molar-refractivity contribution in [1.82, 2.24) is 4.57 Å². The summed E-state index contributed by atoms with van der Waals surface area (Å²) in [6.45, 7) is 3.78. The van der Waals surface area contributed by atoms with Crippen LogP contribution in [0.3, 0.4) is 0 Å². The maximum Gasteiger partial charge on any atom is 0.126 e. The summed E-state index contributed by atoms with van der Waals surface area (Å²) in [5.74, 6) is 0.419. The van der Waals surface area contributed by atoms with Crippen molar-refractivity contribution in [2.45, 2.75) is 13.8 Å². The normalized spacial score (nSPS) is 9.78. The van der Waals surface area contributed by atoms with Gasteiger partial charge in [-0.2, -0.15) is 10.5 Å². The standard InChI is InChI=1S/C14H12N4/c1-9-10(2)18(14(17)13(9)8-16)12-5-3-4-11(6-12)7-15/h3-6H,17H2,1-2H3. The number of nitrogen functional groups attached to an aromatic ring is 1. The fourth-order valence-corrected chi connectivity index (χ4v) is 2.02. The number of nitrogens with zero attached hydrogens (tertiary/aromatic N) is 3. The van der Waals surface area contributed by atoms with Crippen molar-refractivity contribution in [2.24, 2.45) is 0 Å². The van der Waals surface area contributed by atoms with E-state index in [1.54, 1.807) is 22.8 Å². The largest absolute Gasteiger partial charge is 0.384 e. The van der Waals surface area contributed by atoms with E-state index in [2.05, 4.69) is 12.1 Å². The molecule has 2 rings (SSSR count). The summed E-state index contributed by atoms with van der Waals surface area (Å²) in [6, 6.07) is 11.4. The number of hydrogen-bond donors (Lipinski definition) is 1. The molecule has 4 heteroatoms. The molecular weight excluding hydrogens is 224 g/mol. The fraction of sp³-hybridized carbons (Fsp3) is 0.143. The smallest absolute Gasteiger partial charge is 0.126 e. The molecule has 0 saturated carbocycles. The number of benzene rings is 1. The van der Waals surface area contributed by atoms with Gasteiger partial charge in [-0.25, -0.2) is 0 Å². The molecule has 0 fully saturated rings. The van der Waals surface area contributed by atoms with Crippen LogP contribution in [0.1, 0.15) is 22.4 Å². The van der Waals surface area contributed by atoms with E-state index in [0.717, 1.165) is 16.9 Å². The zero-order valence-electron chi connectivity index (χ0n) is 10.2. The molecule has 0 spiro atoms. The molecule has 2 aromatic rings. The van der Waals surface area contributed by atoms with Crippen LogP contribution < -0.4 is 5.73 Å². The van der Waals surface area contributed by atoms with Crippen LogP contribution >= 0.6 is 0 Å². The molecule has 0 bridgehead atoms. The summed E-state index contributed by atoms with van der Waals surface area (Å²) in [6.07, 6.45) is 0. The van der Waals surface area contributed by atoms with Gasteiger partial charge in [0, 0.05) is 11.4 Å². The molecule has 0 unspecified atom stereocenters. The minimum Gasteiger partial charge on any atom is -0.384 e. The predicted octanol–water partition coefficient (Wildman–Crippen LogP) is 2.42. The number of anilines is 1. The molecule has 4 nitrogen and oxygen atoms in total. The summed E-state index contributed by atoms with van der Waals surface area (Å²) in [7, 11) is 0. The van der Waals surface area contributed by atoms with Gasteiger partial charge in [-0.3, -0.25) is 4.57 Å². The van der Waals surface area contributed by atoms with Gasteiger partial charge in [0.1, 0.15) is 11.9 Å². The van der Waals surface area contributed by atoms with Crippen molar-refractivity contribution in [3.05, 3.63) is 46.6 Å². The van der Waals surface area contributed by atoms with Crippen LogP contribution in [0.2, 0.25) is 0 Å². The SMILES string of the molecule is Cc1c(C#N)c(N)n(-c2cccc(C#N)c2)c1C. The summed E-state index contributed by atoms with van der Waals surface area (Å²) in [4.78, 5) is 0. The van der Waals surface area contributed by atoms with Crippen molar-refractivity contribution in [3.8, 4) is 17.8 Å². The lowest BCUT2D eigenvalue weighted by molar-refractivity contribution is 1.02. The summed E-state index contributed by atoms with van der Waals surface area (Å²) < 4.78 is 1.80. The molecule has 0 atom stereocenters. The average Bonchev–Trinajstić information content (AvgIpc) is 2.60. The van der Waals surface area contributed by atoms with E-state index in [4.69, 9.17) is 16.3 Å². The van der Waals surface area contributed by atoms with Crippen LogP contribution in [0, 0.1) is 36.5 Å². The lowest BCUT2D eigenvalue weighted by Crippen LogP contribution is -2.02. The molecule has 1 heterocycles. The van der Waals surface area contributed by atoms with Crippen LogP contribution in [0.5, 0.6) is 0 Å². The van der Waals surface area contributed by atoms with Crippen molar-refractivity contribution in [2.75, 3.05) is 5.73 Å². The van der Waals surface area contributed by atoms with Gasteiger partial charge in [0.15, 0.2) is 0 Å². The number of nitrogens with two attached hydrogens (primary N) is 1. The first-order valence-corrected chi connectivity index (χ1v) is 5.48. The van der Waals surface area contributed by atoms with Gasteiger partial charge in [-0.15, -0.1) is 0 Å². The molecule has 0 aliphatic heterocycles. The highest BCUT2D eigenvalue weighted by atomic mass is 15.1. The minimum atomic E-state index is 0.419. The highest BCUT2D eigenvalue weighted by molar-refractivity contribution is 5.62. The van der Waals surface area contributed by atoms with E-state index in [1.807, 2.05) is 19.9 Å². The summed E-state index contributed by atoms with van der Waals surface area (Å²) in [5.41, 5.74) is 9.65. The Morgan fingerprint density at radius 2 is 1.89 bits per heavy atom. The Morgan fingerprint density at radius 1 is 1.17 bits per heavy atom. The highest BCUT2D eigenvalue weighted by Gasteiger charge is 2.16. The van der Waals surface area contributed by atoms with Gasteiger partial charge in [-0.1, -0.05) is 6.07 Å². The molecule has 0 amide bonds. The van der Waals surface area contributed by atoms with Crippen LogP contribution in [0.15, 0.2) is 24.3 Å². The van der Waals surface area contributed by atoms with Crippen molar-refractivity contribution in [1.29, 1.82) is 10.5 Å². The van der Waals surface area contributed by atoms with Crippen molar-refractivity contribution >= 4 is 5.82 Å². The summed E-state index contributed by atoms with van der Waals surface area (Å²) in [5, 5.41) is 18.0. The van der Waals surface area contributed by atoms with Gasteiger partial charge < -0.3 is 5.73 Å². The number of aromatic nitrogens is 1. The van der Waals surface area contributed by atoms with Crippen LogP contribution in [-0.4, -0.2) is 4.57 Å². The van der Waals surface area contributed by atoms with Crippen molar-refractivity contribution in [3.63, 3.8) is 0 Å². The van der Waals surface area contributed by atoms with Crippen molar-refractivity contribution < 1.29 is 0 Å². The minimum absolute atomic E-state index is 0.419. The molecular formula is C14H12N4. The van der Waals surface area contributed by atoms with Gasteiger partial charge >= 0.3 is 0 Å². The molecule has 0 radical (unpaired) electrons. The number of hydrogen-bond acceptors (Lipinski definition) is 3. The van der Waals surface area contributed by atoms with E-state index >= 15 is 0 Å². The Labute approximate surface area is 105 Å². The maximum absolute atomic E-state index is 9.09. The van der Waals surface area contributed by atoms with Crippen LogP contribution in [0.25, 0.3) is 5.69 Å². The van der Waals surface area contributed by atoms with E-state index < -0.39 is 0 Å². The second-order valence-electron chi connectivity index (χ2n) is 4.08. The van der Waals surface area contributed by atoms with Crippen LogP contribution in [0.4, 0.5) is 5.82 Å². The Bertz CT molecular complexity index is 696. The Kier molecular flexibility index (Phi) is 2.79. The fourth-order valence-electron chi connectivity index (χ4n) is 2.02. The van der Waals surface area contributed by atoms with Gasteiger partial charge in [-0.05, 0) is 37.6 Å². The first-order chi connectivity index (χ1) is 8.60. The number of nitriles is 2. The predicted molar refractivity (Wildman–Crippen MR) is 69.1 cm³/mol. The monoisotopic (exact) mass is 236 g/mol. The zero-order chi connectivity index (χ0) is 13.3. The lowest BCUT2D eigenvalue weighted by Gasteiger charge is -2.09. The van der Waals surface area contributed by atoms with E-state index in [1.165, 1.54) is 0 Å². The first kappa shape index (κ1) is 11.8. The topological polar surface area (TPSA) is 78.5 Å². The van der Waals surface area contributed by atoms with Gasteiger partial charge in [0.05, 0.1) is 17.2 Å². The lowest BCUT2D eigenvalue weighted by atomic mass is 10.2. The molecule has 1 aromatic carbocycles. The Hall–Kier alpha value is -2.72. The molecule has 2 N–H and O–H groups in total. The van der Waals surface area contributed by atoms with E-state index in [0.29, 0.717) is 16.9 Å². The second-order valence-corrected chi connectivity index (χ2v) is 4.08. The molecule has 18 heavy (non-hydrogen) atoms. The third-order valence-corrected chi connectivity index (χ3v) is 3.10. The van der Waals surface area contributed by atoms with Crippen LogP contribution in [-0.2, 0) is 0 Å². The average molecular weight is 236 g/mol. The molecule has 88 valence electrons. The number of rotatable bonds is 1. The molecule has 0 aliphatic carbocycles. The Morgan fingerprint density at radius 3 is 2.44 bits per heavy atom. The summed E-state index contributed by atoms with van der Waals surface area (Å²) >= 11 is 0. The molecule has 0 aliphatic rings. The van der Waals surface area contributed by atoms with Gasteiger partial charge in [0.2, 0.25) is 0 Å². The zero-order valence-corrected chi connectivity index (χ0v) is 10.2. The maximum atomic E-state index is 9.09. The molecule has 0 saturated heterocycles. The quantitative estimate of drug-likeness (QED) is 0.825. The van der Waals surface area contributed by atoms with Gasteiger partial charge in [0.25, 0.3) is 0 Å². The first-order valence-electron chi connectivity index (χ1n) is 5.48. The third-order valence-electron chi connectivity index (χ3n) is 3.10.